The van der Waals surface area contributed by atoms with Crippen LogP contribution in [0.1, 0.15) is 68.4 Å². The first-order valence-corrected chi connectivity index (χ1v) is 10.4. The van der Waals surface area contributed by atoms with E-state index in [9.17, 15) is 4.79 Å². The summed E-state index contributed by atoms with van der Waals surface area (Å²) in [6.45, 7) is 4.83. The van der Waals surface area contributed by atoms with Gasteiger partial charge < -0.3 is 9.73 Å². The van der Waals surface area contributed by atoms with E-state index in [2.05, 4.69) is 48.6 Å². The fourth-order valence-corrected chi connectivity index (χ4v) is 4.06. The van der Waals surface area contributed by atoms with Gasteiger partial charge in [0, 0.05) is 18.5 Å². The van der Waals surface area contributed by atoms with Gasteiger partial charge in [0.1, 0.15) is 5.52 Å². The van der Waals surface area contributed by atoms with Crippen molar-refractivity contribution in [3.05, 3.63) is 65.5 Å². The van der Waals surface area contributed by atoms with Crippen LogP contribution in [-0.2, 0) is 4.79 Å². The third-order valence-electron chi connectivity index (χ3n) is 5.74. The van der Waals surface area contributed by atoms with Crippen molar-refractivity contribution in [2.45, 2.75) is 51.4 Å². The quantitative estimate of drug-likeness (QED) is 0.573. The van der Waals surface area contributed by atoms with Gasteiger partial charge in [0.05, 0.1) is 5.92 Å². The zero-order valence-electron chi connectivity index (χ0n) is 16.7. The van der Waals surface area contributed by atoms with E-state index in [-0.39, 0.29) is 11.8 Å². The van der Waals surface area contributed by atoms with Gasteiger partial charge in [-0.25, -0.2) is 4.98 Å². The molecule has 1 aliphatic rings. The second kappa shape index (κ2) is 8.17. The first kappa shape index (κ1) is 18.7. The molecule has 28 heavy (non-hydrogen) atoms. The highest BCUT2D eigenvalue weighted by Gasteiger charge is 2.40. The van der Waals surface area contributed by atoms with E-state index >= 15 is 0 Å². The Labute approximate surface area is 166 Å². The number of aromatic nitrogens is 1. The number of nitrogens with zero attached hydrogens (tertiary/aromatic N) is 1. The Hall–Kier alpha value is -2.62. The summed E-state index contributed by atoms with van der Waals surface area (Å²) in [5, 5.41) is 3.02. The number of carbonyl (C=O) groups excluding carboxylic acids is 1. The van der Waals surface area contributed by atoms with Crippen molar-refractivity contribution in [3.8, 4) is 0 Å². The first-order chi connectivity index (χ1) is 13.7. The number of rotatable bonds is 8. The minimum Gasteiger partial charge on any atom is -0.440 e. The molecule has 146 valence electrons. The number of nitrogens with one attached hydrogen (secondary N) is 1. The number of carbonyl (C=O) groups is 1. The molecule has 0 aliphatic heterocycles. The highest BCUT2D eigenvalue weighted by Crippen LogP contribution is 2.49. The second-order valence-electron chi connectivity index (χ2n) is 7.76. The maximum Gasteiger partial charge on any atom is 0.219 e. The van der Waals surface area contributed by atoms with Crippen LogP contribution in [0.25, 0.3) is 11.1 Å². The SMILES string of the molecule is CCC[C@H](c1ccccc1)c1nc2cccc([C@@H]3C[C@H]3CNC(=O)CC)c2o1. The molecule has 4 nitrogen and oxygen atoms in total. The third-order valence-corrected chi connectivity index (χ3v) is 5.74. The summed E-state index contributed by atoms with van der Waals surface area (Å²) >= 11 is 0. The van der Waals surface area contributed by atoms with Crippen molar-refractivity contribution < 1.29 is 9.21 Å². The fourth-order valence-electron chi connectivity index (χ4n) is 4.06. The average molecular weight is 377 g/mol. The molecule has 4 rings (SSSR count). The predicted molar refractivity (Wildman–Crippen MR) is 111 cm³/mol. The number of para-hydroxylation sites is 1. The van der Waals surface area contributed by atoms with Crippen LogP contribution < -0.4 is 5.32 Å². The van der Waals surface area contributed by atoms with E-state index in [1.165, 1.54) is 11.1 Å². The van der Waals surface area contributed by atoms with E-state index in [1.54, 1.807) is 0 Å². The summed E-state index contributed by atoms with van der Waals surface area (Å²) in [4.78, 5) is 16.4. The number of fused-ring (bicyclic) bond motifs is 1. The molecule has 0 spiro atoms. The summed E-state index contributed by atoms with van der Waals surface area (Å²) in [6.07, 6.45) is 3.72. The van der Waals surface area contributed by atoms with Crippen LogP contribution in [0.3, 0.4) is 0 Å². The van der Waals surface area contributed by atoms with Crippen LogP contribution in [0.15, 0.2) is 52.9 Å². The normalized spacial score (nSPS) is 19.5. The number of benzene rings is 2. The van der Waals surface area contributed by atoms with Gasteiger partial charge in [-0.2, -0.15) is 0 Å². The molecule has 3 atom stereocenters. The predicted octanol–water partition coefficient (Wildman–Crippen LogP) is 5.39. The molecule has 2 aromatic carbocycles. The van der Waals surface area contributed by atoms with Crippen LogP contribution in [0, 0.1) is 5.92 Å². The van der Waals surface area contributed by atoms with Gasteiger partial charge in [0.15, 0.2) is 5.58 Å². The molecule has 1 amide bonds. The van der Waals surface area contributed by atoms with Gasteiger partial charge in [-0.15, -0.1) is 0 Å². The summed E-state index contributed by atoms with van der Waals surface area (Å²) < 4.78 is 6.37. The summed E-state index contributed by atoms with van der Waals surface area (Å²) in [6, 6.07) is 16.8. The van der Waals surface area contributed by atoms with Gasteiger partial charge in [-0.1, -0.05) is 62.7 Å². The molecular weight excluding hydrogens is 348 g/mol. The van der Waals surface area contributed by atoms with Crippen molar-refractivity contribution in [2.75, 3.05) is 6.54 Å². The molecule has 1 heterocycles. The topological polar surface area (TPSA) is 55.1 Å². The molecule has 0 unspecified atom stereocenters. The van der Waals surface area contributed by atoms with E-state index in [0.29, 0.717) is 18.3 Å². The van der Waals surface area contributed by atoms with Crippen molar-refractivity contribution in [1.82, 2.24) is 10.3 Å². The van der Waals surface area contributed by atoms with E-state index < -0.39 is 0 Å². The van der Waals surface area contributed by atoms with Crippen LogP contribution in [0.2, 0.25) is 0 Å². The van der Waals surface area contributed by atoms with Crippen molar-refractivity contribution >= 4 is 17.0 Å². The molecular formula is C24H28N2O2. The van der Waals surface area contributed by atoms with Gasteiger partial charge in [0.25, 0.3) is 0 Å². The standard InChI is InChI=1S/C24H28N2O2/c1-3-9-18(16-10-6-5-7-11-16)24-26-21-13-8-12-19(23(21)28-24)20-14-17(20)15-25-22(27)4-2/h5-8,10-13,17-18,20H,3-4,9,14-15H2,1-2H3,(H,25,27)/t17-,18+,20+/m0/s1. The Morgan fingerprint density at radius 3 is 2.75 bits per heavy atom. The molecule has 1 aliphatic carbocycles. The number of hydrogen-bond acceptors (Lipinski definition) is 3. The smallest absolute Gasteiger partial charge is 0.219 e. The van der Waals surface area contributed by atoms with Gasteiger partial charge in [0.2, 0.25) is 11.8 Å². The molecule has 4 heteroatoms. The Kier molecular flexibility index (Phi) is 5.47. The van der Waals surface area contributed by atoms with Gasteiger partial charge in [-0.3, -0.25) is 4.79 Å². The third kappa shape index (κ3) is 3.82. The Balaban J connectivity index is 1.60. The Bertz CT molecular complexity index is 948. The molecule has 0 bridgehead atoms. The molecule has 0 radical (unpaired) electrons. The highest BCUT2D eigenvalue weighted by atomic mass is 16.3. The number of hydrogen-bond donors (Lipinski definition) is 1. The zero-order chi connectivity index (χ0) is 19.5. The van der Waals surface area contributed by atoms with Crippen molar-refractivity contribution in [1.29, 1.82) is 0 Å². The molecule has 1 N–H and O–H groups in total. The maximum atomic E-state index is 11.5. The molecule has 1 aromatic heterocycles. The molecule has 3 aromatic rings. The highest BCUT2D eigenvalue weighted by molar-refractivity contribution is 5.78. The number of oxazole rings is 1. The van der Waals surface area contributed by atoms with Crippen LogP contribution in [-0.4, -0.2) is 17.4 Å². The summed E-state index contributed by atoms with van der Waals surface area (Å²) in [5.74, 6) is 2.06. The zero-order valence-corrected chi connectivity index (χ0v) is 16.7. The fraction of sp³-hybridized carbons (Fsp3) is 0.417. The van der Waals surface area contributed by atoms with Crippen molar-refractivity contribution in [3.63, 3.8) is 0 Å². The lowest BCUT2D eigenvalue weighted by molar-refractivity contribution is -0.120. The lowest BCUT2D eigenvalue weighted by Crippen LogP contribution is -2.24. The van der Waals surface area contributed by atoms with Crippen LogP contribution >= 0.6 is 0 Å². The molecule has 1 saturated carbocycles. The average Bonchev–Trinajstić information content (AvgIpc) is 3.38. The van der Waals surface area contributed by atoms with E-state index in [4.69, 9.17) is 9.40 Å². The van der Waals surface area contributed by atoms with Crippen LogP contribution in [0.4, 0.5) is 0 Å². The second-order valence-corrected chi connectivity index (χ2v) is 7.76. The lowest BCUT2D eigenvalue weighted by atomic mass is 9.94. The maximum absolute atomic E-state index is 11.5. The minimum atomic E-state index is 0.121. The molecule has 1 fully saturated rings. The lowest BCUT2D eigenvalue weighted by Gasteiger charge is -2.12. The van der Waals surface area contributed by atoms with E-state index in [1.807, 2.05) is 19.1 Å². The largest absolute Gasteiger partial charge is 0.440 e. The van der Waals surface area contributed by atoms with Crippen LogP contribution in [0.5, 0.6) is 0 Å². The monoisotopic (exact) mass is 376 g/mol. The molecule has 0 saturated heterocycles. The Morgan fingerprint density at radius 2 is 2.00 bits per heavy atom. The van der Waals surface area contributed by atoms with E-state index in [0.717, 1.165) is 42.8 Å². The first-order valence-electron chi connectivity index (χ1n) is 10.4. The Morgan fingerprint density at radius 1 is 1.18 bits per heavy atom. The summed E-state index contributed by atoms with van der Waals surface area (Å²) in [5.41, 5.74) is 4.34. The minimum absolute atomic E-state index is 0.121. The summed E-state index contributed by atoms with van der Waals surface area (Å²) in [7, 11) is 0. The van der Waals surface area contributed by atoms with Gasteiger partial charge >= 0.3 is 0 Å². The van der Waals surface area contributed by atoms with Gasteiger partial charge in [-0.05, 0) is 36.3 Å². The van der Waals surface area contributed by atoms with Crippen molar-refractivity contribution in [2.24, 2.45) is 5.92 Å². The number of amides is 1.